The lowest BCUT2D eigenvalue weighted by Crippen LogP contribution is -2.12. The number of unbranched alkanes of at least 4 members (excludes halogenated alkanes) is 2. The molecule has 6 nitrogen and oxygen atoms in total. The van der Waals surface area contributed by atoms with Crippen LogP contribution in [0.15, 0.2) is 36.5 Å². The molecule has 0 aromatic heterocycles. The van der Waals surface area contributed by atoms with Crippen molar-refractivity contribution in [1.82, 2.24) is 0 Å². The smallest absolute Gasteiger partial charge is 0.337 e. The molecule has 0 aliphatic rings. The van der Waals surface area contributed by atoms with Gasteiger partial charge in [-0.25, -0.2) is 14.4 Å². The third-order valence-corrected chi connectivity index (χ3v) is 3.89. The number of esters is 2. The van der Waals surface area contributed by atoms with Crippen molar-refractivity contribution in [3.63, 3.8) is 0 Å². The van der Waals surface area contributed by atoms with Gasteiger partial charge < -0.3 is 14.6 Å². The molecule has 0 rings (SSSR count). The van der Waals surface area contributed by atoms with Crippen LogP contribution < -0.4 is 0 Å². The van der Waals surface area contributed by atoms with Gasteiger partial charge in [0.15, 0.2) is 0 Å². The molecule has 28 heavy (non-hydrogen) atoms. The molecule has 1 N–H and O–H groups in total. The molecule has 0 aromatic rings. The number of carboxylic acids is 1. The van der Waals surface area contributed by atoms with Crippen molar-refractivity contribution in [1.29, 1.82) is 0 Å². The number of hydrogen-bond acceptors (Lipinski definition) is 5. The Kier molecular flexibility index (Phi) is 17.9. The minimum absolute atomic E-state index is 0.0611. The summed E-state index contributed by atoms with van der Waals surface area (Å²) < 4.78 is 9.83. The van der Waals surface area contributed by atoms with Crippen LogP contribution in [0.5, 0.6) is 0 Å². The fourth-order valence-electron chi connectivity index (χ4n) is 1.94. The maximum atomic E-state index is 11.2. The summed E-state index contributed by atoms with van der Waals surface area (Å²) in [4.78, 5) is 32.4. The average Bonchev–Trinajstić information content (AvgIpc) is 2.68. The molecule has 0 spiro atoms. The quantitative estimate of drug-likeness (QED) is 0.207. The Bertz CT molecular complexity index is 533. The van der Waals surface area contributed by atoms with Crippen LogP contribution in [0.3, 0.4) is 0 Å². The molecule has 6 heteroatoms. The van der Waals surface area contributed by atoms with E-state index in [1.54, 1.807) is 0 Å². The predicted octanol–water partition coefficient (Wildman–Crippen LogP) is 4.85. The van der Waals surface area contributed by atoms with Gasteiger partial charge in [0.2, 0.25) is 0 Å². The third kappa shape index (κ3) is 15.9. The predicted molar refractivity (Wildman–Crippen MR) is 111 cm³/mol. The first-order valence-corrected chi connectivity index (χ1v) is 9.80. The number of rotatable bonds is 13. The van der Waals surface area contributed by atoms with Gasteiger partial charge in [-0.15, -0.1) is 0 Å². The molecule has 0 aliphatic heterocycles. The number of ether oxygens (including phenoxy) is 2. The third-order valence-electron chi connectivity index (χ3n) is 3.89. The number of hydrogen-bond donors (Lipinski definition) is 1. The second-order valence-electron chi connectivity index (χ2n) is 6.40. The molecule has 1 atom stereocenters. The van der Waals surface area contributed by atoms with Gasteiger partial charge in [0.05, 0.1) is 18.8 Å². The Morgan fingerprint density at radius 3 is 2.14 bits per heavy atom. The van der Waals surface area contributed by atoms with E-state index in [1.807, 2.05) is 6.92 Å². The van der Waals surface area contributed by atoms with Crippen LogP contribution in [-0.2, 0) is 23.9 Å². The molecule has 0 aliphatic carbocycles. The normalized spacial score (nSPS) is 11.5. The minimum Gasteiger partial charge on any atom is -0.478 e. The highest BCUT2D eigenvalue weighted by molar-refractivity contribution is 5.94. The van der Waals surface area contributed by atoms with E-state index in [0.29, 0.717) is 19.1 Å². The molecule has 0 saturated carbocycles. The Hall–Kier alpha value is -2.37. The van der Waals surface area contributed by atoms with Crippen molar-refractivity contribution >= 4 is 17.9 Å². The van der Waals surface area contributed by atoms with Gasteiger partial charge in [-0.05, 0) is 31.8 Å². The van der Waals surface area contributed by atoms with Gasteiger partial charge in [-0.3, -0.25) is 0 Å². The van der Waals surface area contributed by atoms with Crippen LogP contribution in [0.25, 0.3) is 0 Å². The highest BCUT2D eigenvalue weighted by Gasteiger charge is 2.08. The molecule has 1 unspecified atom stereocenters. The first-order chi connectivity index (χ1) is 13.2. The van der Waals surface area contributed by atoms with Crippen LogP contribution in [0.1, 0.15) is 66.2 Å². The second-order valence-corrected chi connectivity index (χ2v) is 6.40. The molecule has 160 valence electrons. The van der Waals surface area contributed by atoms with Gasteiger partial charge >= 0.3 is 17.9 Å². The average molecular weight is 397 g/mol. The largest absolute Gasteiger partial charge is 0.478 e. The molecule has 0 bridgehead atoms. The summed E-state index contributed by atoms with van der Waals surface area (Å²) in [5, 5.41) is 8.57. The first-order valence-electron chi connectivity index (χ1n) is 9.80. The van der Waals surface area contributed by atoms with Crippen LogP contribution >= 0.6 is 0 Å². The van der Waals surface area contributed by atoms with Crippen molar-refractivity contribution in [2.75, 3.05) is 13.2 Å². The zero-order valence-electron chi connectivity index (χ0n) is 17.8. The van der Waals surface area contributed by atoms with Gasteiger partial charge in [0.1, 0.15) is 0 Å². The molecule has 0 fully saturated rings. The second kappa shape index (κ2) is 18.0. The van der Waals surface area contributed by atoms with Crippen molar-refractivity contribution in [2.24, 2.45) is 5.92 Å². The van der Waals surface area contributed by atoms with Crippen molar-refractivity contribution < 1.29 is 29.0 Å². The fraction of sp³-hybridized carbons (Fsp3) is 0.591. The van der Waals surface area contributed by atoms with E-state index in [0.717, 1.165) is 25.7 Å². The lowest BCUT2D eigenvalue weighted by atomic mass is 10.0. The summed E-state index contributed by atoms with van der Waals surface area (Å²) in [6.07, 6.45) is 8.78. The van der Waals surface area contributed by atoms with E-state index < -0.39 is 11.9 Å². The number of carbonyl (C=O) groups is 3. The van der Waals surface area contributed by atoms with E-state index in [4.69, 9.17) is 14.6 Å². The van der Waals surface area contributed by atoms with Gasteiger partial charge in [-0.1, -0.05) is 59.6 Å². The van der Waals surface area contributed by atoms with Crippen LogP contribution in [-0.4, -0.2) is 36.2 Å². The lowest BCUT2D eigenvalue weighted by Gasteiger charge is -2.13. The molecule has 0 radical (unpaired) electrons. The minimum atomic E-state index is -1.07. The van der Waals surface area contributed by atoms with Crippen molar-refractivity contribution in [3.05, 3.63) is 36.5 Å². The van der Waals surface area contributed by atoms with E-state index in [2.05, 4.69) is 27.0 Å². The first kappa shape index (κ1) is 27.8. The van der Waals surface area contributed by atoms with E-state index in [-0.39, 0.29) is 17.1 Å². The topological polar surface area (TPSA) is 89.9 Å². The Morgan fingerprint density at radius 1 is 1.07 bits per heavy atom. The van der Waals surface area contributed by atoms with Crippen LogP contribution in [0.2, 0.25) is 0 Å². The summed E-state index contributed by atoms with van der Waals surface area (Å²) >= 11 is 0. The summed E-state index contributed by atoms with van der Waals surface area (Å²) in [5.41, 5.74) is 0.124. The van der Waals surface area contributed by atoms with Crippen LogP contribution in [0, 0.1) is 5.92 Å². The maximum Gasteiger partial charge on any atom is 0.337 e. The standard InChI is InChI=1S/C11H16O4.C11H20O2/c1-4-5-6-15-11(14)9(3)7-8(2)10(12)13;1-4-7-8-10(5-2)9-13-11(12)6-3/h7H,3-6H2,1-2H3,(H,12,13);6,10H,3-5,7-9H2,1-2H3. The Labute approximate surface area is 169 Å². The number of carbonyl (C=O) groups excluding carboxylic acids is 2. The molecular weight excluding hydrogens is 360 g/mol. The summed E-state index contributed by atoms with van der Waals surface area (Å²) in [6.45, 7) is 15.4. The summed E-state index contributed by atoms with van der Waals surface area (Å²) in [6, 6.07) is 0. The molecular formula is C22H36O6. The van der Waals surface area contributed by atoms with Crippen molar-refractivity contribution in [2.45, 2.75) is 66.2 Å². The molecule has 0 aromatic carbocycles. The highest BCUT2D eigenvalue weighted by atomic mass is 16.5. The SMILES string of the molecule is C=C(C=C(C)C(=O)O)C(=O)OCCCC.C=CC(=O)OCC(CC)CCCC. The van der Waals surface area contributed by atoms with E-state index in [1.165, 1.54) is 31.9 Å². The van der Waals surface area contributed by atoms with Gasteiger partial charge in [0, 0.05) is 11.6 Å². The Balaban J connectivity index is 0. The molecule has 0 amide bonds. The summed E-state index contributed by atoms with van der Waals surface area (Å²) in [7, 11) is 0. The summed E-state index contributed by atoms with van der Waals surface area (Å²) in [5.74, 6) is -1.43. The van der Waals surface area contributed by atoms with Gasteiger partial charge in [0.25, 0.3) is 0 Å². The highest BCUT2D eigenvalue weighted by Crippen LogP contribution is 2.12. The number of aliphatic carboxylic acids is 1. The van der Waals surface area contributed by atoms with E-state index >= 15 is 0 Å². The lowest BCUT2D eigenvalue weighted by molar-refractivity contribution is -0.139. The van der Waals surface area contributed by atoms with Crippen LogP contribution in [0.4, 0.5) is 0 Å². The zero-order chi connectivity index (χ0) is 21.9. The van der Waals surface area contributed by atoms with E-state index in [9.17, 15) is 14.4 Å². The number of carboxylic acid groups (broad SMARTS) is 1. The Morgan fingerprint density at radius 2 is 1.68 bits per heavy atom. The van der Waals surface area contributed by atoms with Crippen molar-refractivity contribution in [3.8, 4) is 0 Å². The fourth-order valence-corrected chi connectivity index (χ4v) is 1.94. The molecule has 0 saturated heterocycles. The monoisotopic (exact) mass is 396 g/mol. The zero-order valence-corrected chi connectivity index (χ0v) is 17.8. The van der Waals surface area contributed by atoms with Gasteiger partial charge in [-0.2, -0.15) is 0 Å². The maximum absolute atomic E-state index is 11.2. The molecule has 0 heterocycles.